The molecule has 13 heavy (non-hydrogen) atoms. The average Bonchev–Trinajstić information content (AvgIpc) is 2.08. The summed E-state index contributed by atoms with van der Waals surface area (Å²) in [6.45, 7) is -3.00. The zero-order valence-corrected chi connectivity index (χ0v) is 6.92. The summed E-state index contributed by atoms with van der Waals surface area (Å²) in [6.07, 6.45) is 0. The number of rotatable bonds is 2. The zero-order chi connectivity index (χ0) is 9.84. The molecule has 6 heteroatoms. The number of hydrogen-bond acceptors (Lipinski definition) is 3. The SMILES string of the molecule is N#Cc1ccc(Cl)c(OC(F)F)n1. The van der Waals surface area contributed by atoms with E-state index in [1.54, 1.807) is 6.07 Å². The van der Waals surface area contributed by atoms with Gasteiger partial charge in [0.2, 0.25) is 5.88 Å². The van der Waals surface area contributed by atoms with Crippen LogP contribution < -0.4 is 4.74 Å². The number of nitriles is 1. The summed E-state index contributed by atoms with van der Waals surface area (Å²) in [5.74, 6) is -0.435. The minimum absolute atomic E-state index is 0.0277. The number of ether oxygens (including phenoxy) is 1. The molecule has 0 aliphatic heterocycles. The van der Waals surface area contributed by atoms with Gasteiger partial charge in [-0.2, -0.15) is 14.0 Å². The second-order valence-corrected chi connectivity index (χ2v) is 2.38. The molecule has 0 bridgehead atoms. The Bertz CT molecular complexity index is 351. The minimum Gasteiger partial charge on any atom is -0.415 e. The number of hydrogen-bond donors (Lipinski definition) is 0. The van der Waals surface area contributed by atoms with Gasteiger partial charge in [0.05, 0.1) is 0 Å². The largest absolute Gasteiger partial charge is 0.415 e. The molecule has 0 unspecified atom stereocenters. The summed E-state index contributed by atoms with van der Waals surface area (Å²) in [4.78, 5) is 3.44. The fourth-order valence-corrected chi connectivity index (χ4v) is 0.803. The highest BCUT2D eigenvalue weighted by molar-refractivity contribution is 6.31. The van der Waals surface area contributed by atoms with E-state index in [0.29, 0.717) is 0 Å². The van der Waals surface area contributed by atoms with Gasteiger partial charge in [-0.3, -0.25) is 0 Å². The van der Waals surface area contributed by atoms with Gasteiger partial charge in [-0.1, -0.05) is 11.6 Å². The van der Waals surface area contributed by atoms with Gasteiger partial charge in [-0.05, 0) is 12.1 Å². The molecule has 0 radical (unpaired) electrons. The molecule has 0 aromatic carbocycles. The zero-order valence-electron chi connectivity index (χ0n) is 6.17. The van der Waals surface area contributed by atoms with E-state index < -0.39 is 12.5 Å². The fraction of sp³-hybridized carbons (Fsp3) is 0.143. The predicted molar refractivity (Wildman–Crippen MR) is 40.6 cm³/mol. The first-order valence-corrected chi connectivity index (χ1v) is 3.52. The van der Waals surface area contributed by atoms with Crippen LogP contribution in [0.3, 0.4) is 0 Å². The molecule has 0 atom stereocenters. The number of alkyl halides is 2. The van der Waals surface area contributed by atoms with Crippen molar-refractivity contribution in [1.82, 2.24) is 4.98 Å². The van der Waals surface area contributed by atoms with Gasteiger partial charge in [0.1, 0.15) is 16.8 Å². The van der Waals surface area contributed by atoms with Crippen LogP contribution in [0.2, 0.25) is 5.02 Å². The van der Waals surface area contributed by atoms with Crippen molar-refractivity contribution in [3.05, 3.63) is 22.8 Å². The first-order chi connectivity index (χ1) is 6.13. The Hall–Kier alpha value is -1.41. The molecule has 1 rings (SSSR count). The van der Waals surface area contributed by atoms with Crippen LogP contribution >= 0.6 is 11.6 Å². The fourth-order valence-electron chi connectivity index (χ4n) is 0.653. The molecule has 0 saturated carbocycles. The third-order valence-corrected chi connectivity index (χ3v) is 1.42. The van der Waals surface area contributed by atoms with Crippen molar-refractivity contribution < 1.29 is 13.5 Å². The second kappa shape index (κ2) is 4.01. The summed E-state index contributed by atoms with van der Waals surface area (Å²) in [5, 5.41) is 8.33. The maximum atomic E-state index is 11.7. The van der Waals surface area contributed by atoms with Crippen molar-refractivity contribution in [2.24, 2.45) is 0 Å². The summed E-state index contributed by atoms with van der Waals surface area (Å²) in [5.41, 5.74) is -0.0277. The lowest BCUT2D eigenvalue weighted by molar-refractivity contribution is -0.0528. The average molecular weight is 205 g/mol. The molecule has 0 fully saturated rings. The number of halogens is 3. The maximum absolute atomic E-state index is 11.7. The van der Waals surface area contributed by atoms with Crippen LogP contribution in [0.25, 0.3) is 0 Å². The van der Waals surface area contributed by atoms with Gasteiger partial charge in [-0.25, -0.2) is 4.98 Å². The standard InChI is InChI=1S/C7H3ClF2N2O/c8-5-2-1-4(3-11)12-6(5)13-7(9)10/h1-2,7H. The Labute approximate surface area is 77.5 Å². The number of nitrogens with zero attached hydrogens (tertiary/aromatic N) is 2. The predicted octanol–water partition coefficient (Wildman–Crippen LogP) is 2.21. The van der Waals surface area contributed by atoms with Gasteiger partial charge in [0, 0.05) is 0 Å². The third kappa shape index (κ3) is 2.53. The van der Waals surface area contributed by atoms with Gasteiger partial charge < -0.3 is 4.74 Å². The van der Waals surface area contributed by atoms with Crippen LogP contribution in [0.15, 0.2) is 12.1 Å². The molecule has 1 heterocycles. The third-order valence-electron chi connectivity index (χ3n) is 1.13. The smallest absolute Gasteiger partial charge is 0.388 e. The lowest BCUT2D eigenvalue weighted by Crippen LogP contribution is -2.04. The lowest BCUT2D eigenvalue weighted by atomic mass is 10.4. The molecule has 1 aromatic rings. The summed E-state index contributed by atoms with van der Waals surface area (Å²) < 4.78 is 27.4. The van der Waals surface area contributed by atoms with Gasteiger partial charge in [0.25, 0.3) is 0 Å². The van der Waals surface area contributed by atoms with E-state index >= 15 is 0 Å². The van der Waals surface area contributed by atoms with E-state index in [9.17, 15) is 8.78 Å². The first-order valence-electron chi connectivity index (χ1n) is 3.15. The Morgan fingerprint density at radius 1 is 1.54 bits per heavy atom. The Balaban J connectivity index is 2.99. The first kappa shape index (κ1) is 9.68. The molecule has 0 aliphatic carbocycles. The van der Waals surface area contributed by atoms with E-state index in [1.165, 1.54) is 12.1 Å². The maximum Gasteiger partial charge on any atom is 0.388 e. The van der Waals surface area contributed by atoms with Crippen LogP contribution in [0.5, 0.6) is 5.88 Å². The van der Waals surface area contributed by atoms with Crippen molar-refractivity contribution in [2.45, 2.75) is 6.61 Å². The van der Waals surface area contributed by atoms with E-state index in [0.717, 1.165) is 0 Å². The molecule has 0 spiro atoms. The molecular formula is C7H3ClF2N2O. The van der Waals surface area contributed by atoms with Gasteiger partial charge in [0.15, 0.2) is 0 Å². The quantitative estimate of drug-likeness (QED) is 0.742. The monoisotopic (exact) mass is 204 g/mol. The van der Waals surface area contributed by atoms with Crippen LogP contribution in [0.4, 0.5) is 8.78 Å². The van der Waals surface area contributed by atoms with Crippen LogP contribution in [-0.4, -0.2) is 11.6 Å². The van der Waals surface area contributed by atoms with Crippen molar-refractivity contribution in [3.8, 4) is 11.9 Å². The van der Waals surface area contributed by atoms with Crippen molar-refractivity contribution in [3.63, 3.8) is 0 Å². The highest BCUT2D eigenvalue weighted by atomic mass is 35.5. The lowest BCUT2D eigenvalue weighted by Gasteiger charge is -2.04. The normalized spacial score (nSPS) is 9.77. The van der Waals surface area contributed by atoms with Crippen molar-refractivity contribution in [1.29, 1.82) is 5.26 Å². The number of aromatic nitrogens is 1. The van der Waals surface area contributed by atoms with Crippen molar-refractivity contribution in [2.75, 3.05) is 0 Å². The molecule has 3 nitrogen and oxygen atoms in total. The van der Waals surface area contributed by atoms with Crippen molar-refractivity contribution >= 4 is 11.6 Å². The van der Waals surface area contributed by atoms with E-state index in [-0.39, 0.29) is 10.7 Å². The summed E-state index contributed by atoms with van der Waals surface area (Å²) >= 11 is 5.47. The van der Waals surface area contributed by atoms with Gasteiger partial charge >= 0.3 is 6.61 Å². The number of pyridine rings is 1. The van der Waals surface area contributed by atoms with Crippen LogP contribution in [-0.2, 0) is 0 Å². The Morgan fingerprint density at radius 3 is 2.77 bits per heavy atom. The molecule has 1 aromatic heterocycles. The second-order valence-electron chi connectivity index (χ2n) is 1.97. The van der Waals surface area contributed by atoms with Crippen LogP contribution in [0, 0.1) is 11.3 Å². The highest BCUT2D eigenvalue weighted by Crippen LogP contribution is 2.23. The molecule has 0 saturated heterocycles. The molecule has 68 valence electrons. The summed E-state index contributed by atoms with van der Waals surface area (Å²) in [6, 6.07) is 4.25. The topological polar surface area (TPSA) is 45.9 Å². The minimum atomic E-state index is -3.00. The Kier molecular flexibility index (Phi) is 2.98. The van der Waals surface area contributed by atoms with E-state index in [4.69, 9.17) is 16.9 Å². The van der Waals surface area contributed by atoms with Crippen LogP contribution in [0.1, 0.15) is 5.69 Å². The Morgan fingerprint density at radius 2 is 2.23 bits per heavy atom. The molecule has 0 amide bonds. The summed E-state index contributed by atoms with van der Waals surface area (Å²) in [7, 11) is 0. The van der Waals surface area contributed by atoms with E-state index in [1.807, 2.05) is 0 Å². The molecular weight excluding hydrogens is 202 g/mol. The van der Waals surface area contributed by atoms with Gasteiger partial charge in [-0.15, -0.1) is 0 Å². The molecule has 0 aliphatic rings. The highest BCUT2D eigenvalue weighted by Gasteiger charge is 2.10. The molecule has 0 N–H and O–H groups in total. The van der Waals surface area contributed by atoms with E-state index in [2.05, 4.69) is 9.72 Å².